The minimum Gasteiger partial charge on any atom is -0.462 e. The molecule has 0 bridgehead atoms. The number of benzene rings is 1. The quantitative estimate of drug-likeness (QED) is 0.468. The monoisotopic (exact) mass is 379 g/mol. The van der Waals surface area contributed by atoms with Gasteiger partial charge >= 0.3 is 0 Å². The maximum Gasteiger partial charge on any atom is 0.135 e. The van der Waals surface area contributed by atoms with E-state index in [2.05, 4.69) is 49.2 Å². The SMILES string of the molecule is C=CCCC(O)(CCC=C)c1ccc(CN(Cc2ccccc2C)C2CC2)o1. The van der Waals surface area contributed by atoms with Crippen molar-refractivity contribution in [1.82, 2.24) is 4.90 Å². The number of furan rings is 1. The zero-order chi connectivity index (χ0) is 20.0. The molecule has 1 heterocycles. The minimum atomic E-state index is -0.957. The Hall–Kier alpha value is -2.10. The van der Waals surface area contributed by atoms with Crippen LogP contribution in [0, 0.1) is 6.92 Å². The second-order valence-electron chi connectivity index (χ2n) is 8.01. The summed E-state index contributed by atoms with van der Waals surface area (Å²) in [7, 11) is 0. The van der Waals surface area contributed by atoms with Crippen LogP contribution in [0.25, 0.3) is 0 Å². The average Bonchev–Trinajstić information content (AvgIpc) is 3.44. The highest BCUT2D eigenvalue weighted by Crippen LogP contribution is 2.35. The summed E-state index contributed by atoms with van der Waals surface area (Å²) in [5.74, 6) is 1.59. The Morgan fingerprint density at radius 1 is 1.07 bits per heavy atom. The molecule has 150 valence electrons. The van der Waals surface area contributed by atoms with Gasteiger partial charge in [-0.25, -0.2) is 0 Å². The molecule has 1 aromatic heterocycles. The third-order valence-electron chi connectivity index (χ3n) is 5.70. The van der Waals surface area contributed by atoms with Crippen LogP contribution in [-0.4, -0.2) is 16.0 Å². The lowest BCUT2D eigenvalue weighted by molar-refractivity contribution is -0.00219. The second kappa shape index (κ2) is 9.40. The van der Waals surface area contributed by atoms with E-state index in [0.717, 1.165) is 31.7 Å². The molecular weight excluding hydrogens is 346 g/mol. The second-order valence-corrected chi connectivity index (χ2v) is 8.01. The van der Waals surface area contributed by atoms with Crippen LogP contribution in [0.4, 0.5) is 0 Å². The molecule has 1 fully saturated rings. The van der Waals surface area contributed by atoms with Crippen LogP contribution in [0.2, 0.25) is 0 Å². The van der Waals surface area contributed by atoms with Crippen molar-refractivity contribution in [2.75, 3.05) is 0 Å². The molecule has 3 rings (SSSR count). The van der Waals surface area contributed by atoms with Gasteiger partial charge in [0.2, 0.25) is 0 Å². The molecule has 0 radical (unpaired) electrons. The van der Waals surface area contributed by atoms with Crippen LogP contribution in [0.15, 0.2) is 66.1 Å². The van der Waals surface area contributed by atoms with Gasteiger partial charge in [-0.3, -0.25) is 4.90 Å². The molecule has 0 amide bonds. The number of nitrogens with zero attached hydrogens (tertiary/aromatic N) is 1. The molecule has 3 heteroatoms. The highest BCUT2D eigenvalue weighted by Gasteiger charge is 2.33. The van der Waals surface area contributed by atoms with Crippen molar-refractivity contribution >= 4 is 0 Å². The van der Waals surface area contributed by atoms with E-state index in [1.807, 2.05) is 24.3 Å². The van der Waals surface area contributed by atoms with E-state index < -0.39 is 5.60 Å². The van der Waals surface area contributed by atoms with Crippen molar-refractivity contribution in [2.45, 2.75) is 70.2 Å². The van der Waals surface area contributed by atoms with Gasteiger partial charge in [-0.05, 0) is 68.7 Å². The van der Waals surface area contributed by atoms with Crippen molar-refractivity contribution in [1.29, 1.82) is 0 Å². The van der Waals surface area contributed by atoms with Gasteiger partial charge in [0.15, 0.2) is 0 Å². The van der Waals surface area contributed by atoms with Crippen LogP contribution in [0.5, 0.6) is 0 Å². The van der Waals surface area contributed by atoms with Gasteiger partial charge in [0.25, 0.3) is 0 Å². The van der Waals surface area contributed by atoms with Crippen LogP contribution in [-0.2, 0) is 18.7 Å². The molecule has 2 aromatic rings. The normalized spacial score (nSPS) is 14.4. The van der Waals surface area contributed by atoms with E-state index >= 15 is 0 Å². The Kier molecular flexibility index (Phi) is 6.93. The first-order valence-electron chi connectivity index (χ1n) is 10.4. The molecule has 0 unspecified atom stereocenters. The molecule has 1 aliphatic carbocycles. The number of hydrogen-bond acceptors (Lipinski definition) is 3. The summed E-state index contributed by atoms with van der Waals surface area (Å²) < 4.78 is 6.16. The lowest BCUT2D eigenvalue weighted by atomic mass is 9.89. The van der Waals surface area contributed by atoms with Crippen molar-refractivity contribution in [3.05, 3.63) is 84.4 Å². The van der Waals surface area contributed by atoms with Gasteiger partial charge in [-0.15, -0.1) is 13.2 Å². The largest absolute Gasteiger partial charge is 0.462 e. The van der Waals surface area contributed by atoms with Gasteiger partial charge in [-0.1, -0.05) is 36.4 Å². The molecule has 3 nitrogen and oxygen atoms in total. The summed E-state index contributed by atoms with van der Waals surface area (Å²) in [6.07, 6.45) is 8.94. The molecule has 0 spiro atoms. The Morgan fingerprint density at radius 3 is 2.36 bits per heavy atom. The maximum absolute atomic E-state index is 11.2. The lowest BCUT2D eigenvalue weighted by Gasteiger charge is -2.25. The molecular formula is C25H33NO2. The fourth-order valence-electron chi connectivity index (χ4n) is 3.73. The zero-order valence-corrected chi connectivity index (χ0v) is 17.1. The predicted molar refractivity (Wildman–Crippen MR) is 115 cm³/mol. The molecule has 1 aliphatic rings. The fourth-order valence-corrected chi connectivity index (χ4v) is 3.73. The van der Waals surface area contributed by atoms with Crippen LogP contribution < -0.4 is 0 Å². The molecule has 0 aliphatic heterocycles. The number of rotatable bonds is 12. The molecule has 1 aromatic carbocycles. The highest BCUT2D eigenvalue weighted by atomic mass is 16.4. The Bertz CT molecular complexity index is 775. The van der Waals surface area contributed by atoms with E-state index in [4.69, 9.17) is 4.42 Å². The number of allylic oxidation sites excluding steroid dienone is 2. The summed E-state index contributed by atoms with van der Waals surface area (Å²) in [4.78, 5) is 2.50. The average molecular weight is 380 g/mol. The summed E-state index contributed by atoms with van der Waals surface area (Å²) in [5.41, 5.74) is 1.74. The maximum atomic E-state index is 11.2. The third-order valence-corrected chi connectivity index (χ3v) is 5.70. The van der Waals surface area contributed by atoms with Gasteiger partial charge in [0.05, 0.1) is 6.54 Å². The van der Waals surface area contributed by atoms with E-state index in [1.54, 1.807) is 0 Å². The molecule has 1 saturated carbocycles. The summed E-state index contributed by atoms with van der Waals surface area (Å²) >= 11 is 0. The fraction of sp³-hybridized carbons (Fsp3) is 0.440. The molecule has 28 heavy (non-hydrogen) atoms. The predicted octanol–water partition coefficient (Wildman–Crippen LogP) is 5.87. The number of hydrogen-bond donors (Lipinski definition) is 1. The Labute approximate surface area is 169 Å². The van der Waals surface area contributed by atoms with Crippen molar-refractivity contribution in [3.8, 4) is 0 Å². The number of aryl methyl sites for hydroxylation is 1. The van der Waals surface area contributed by atoms with Gasteiger partial charge in [-0.2, -0.15) is 0 Å². The van der Waals surface area contributed by atoms with Crippen molar-refractivity contribution < 1.29 is 9.52 Å². The topological polar surface area (TPSA) is 36.6 Å². The first-order valence-corrected chi connectivity index (χ1v) is 10.4. The van der Waals surface area contributed by atoms with Crippen molar-refractivity contribution in [3.63, 3.8) is 0 Å². The van der Waals surface area contributed by atoms with Crippen LogP contribution >= 0.6 is 0 Å². The van der Waals surface area contributed by atoms with Crippen LogP contribution in [0.3, 0.4) is 0 Å². The van der Waals surface area contributed by atoms with Gasteiger partial charge < -0.3 is 9.52 Å². The highest BCUT2D eigenvalue weighted by molar-refractivity contribution is 5.26. The Morgan fingerprint density at radius 2 is 1.75 bits per heavy atom. The first kappa shape index (κ1) is 20.6. The lowest BCUT2D eigenvalue weighted by Crippen LogP contribution is -2.26. The summed E-state index contributed by atoms with van der Waals surface area (Å²) in [6, 6.07) is 13.2. The summed E-state index contributed by atoms with van der Waals surface area (Å²) in [6.45, 7) is 11.5. The van der Waals surface area contributed by atoms with E-state index in [0.29, 0.717) is 24.6 Å². The zero-order valence-electron chi connectivity index (χ0n) is 17.1. The van der Waals surface area contributed by atoms with E-state index in [-0.39, 0.29) is 0 Å². The van der Waals surface area contributed by atoms with E-state index in [9.17, 15) is 5.11 Å². The molecule has 0 atom stereocenters. The van der Waals surface area contributed by atoms with E-state index in [1.165, 1.54) is 24.0 Å². The van der Waals surface area contributed by atoms with Gasteiger partial charge in [0.1, 0.15) is 17.1 Å². The standard InChI is InChI=1S/C25H33NO2/c1-4-6-16-25(27,17-7-5-2)24-15-14-23(28-24)19-26(22-12-13-22)18-21-11-9-8-10-20(21)3/h4-5,8-11,14-15,22,27H,1-2,6-7,12-13,16-19H2,3H3. The molecule has 1 N–H and O–H groups in total. The third kappa shape index (κ3) is 5.24. The smallest absolute Gasteiger partial charge is 0.135 e. The van der Waals surface area contributed by atoms with Gasteiger partial charge in [0, 0.05) is 12.6 Å². The Balaban J connectivity index is 1.72. The first-order chi connectivity index (χ1) is 13.6. The summed E-state index contributed by atoms with van der Waals surface area (Å²) in [5, 5.41) is 11.2. The minimum absolute atomic E-state index is 0.618. The number of aliphatic hydroxyl groups is 1. The molecule has 0 saturated heterocycles. The van der Waals surface area contributed by atoms with Crippen LogP contribution in [0.1, 0.15) is 61.2 Å². The van der Waals surface area contributed by atoms with Crippen molar-refractivity contribution in [2.24, 2.45) is 0 Å².